The minimum Gasteiger partial charge on any atom is -0.466 e. The van der Waals surface area contributed by atoms with E-state index in [2.05, 4.69) is 16.3 Å². The van der Waals surface area contributed by atoms with Crippen LogP contribution < -0.4 is 5.32 Å². The van der Waals surface area contributed by atoms with Crippen molar-refractivity contribution in [2.75, 3.05) is 25.0 Å². The van der Waals surface area contributed by atoms with E-state index in [1.165, 1.54) is 0 Å². The van der Waals surface area contributed by atoms with Crippen molar-refractivity contribution in [2.24, 2.45) is 5.92 Å². The Morgan fingerprint density at radius 1 is 1.15 bits per heavy atom. The summed E-state index contributed by atoms with van der Waals surface area (Å²) < 4.78 is 5.10. The van der Waals surface area contributed by atoms with Crippen molar-refractivity contribution in [1.82, 2.24) is 4.90 Å². The molecule has 5 heteroatoms. The molecule has 26 heavy (non-hydrogen) atoms. The van der Waals surface area contributed by atoms with Crippen LogP contribution in [0.2, 0.25) is 0 Å². The van der Waals surface area contributed by atoms with Crippen LogP contribution in [0.5, 0.6) is 0 Å². The number of ether oxygens (including phenoxy) is 1. The molecule has 0 aliphatic carbocycles. The molecule has 138 valence electrons. The number of hydrogen-bond donors (Lipinski definition) is 1. The number of piperidine rings is 1. The van der Waals surface area contributed by atoms with Crippen LogP contribution in [-0.4, -0.2) is 42.5 Å². The van der Waals surface area contributed by atoms with Crippen molar-refractivity contribution in [3.8, 4) is 0 Å². The van der Waals surface area contributed by atoms with Gasteiger partial charge in [-0.2, -0.15) is 0 Å². The van der Waals surface area contributed by atoms with Gasteiger partial charge in [0.2, 0.25) is 5.91 Å². The molecular formula is C21H26N2O3. The molecule has 0 saturated carbocycles. The minimum absolute atomic E-state index is 0.0186. The van der Waals surface area contributed by atoms with Crippen LogP contribution in [0.25, 0.3) is 10.8 Å². The third-order valence-electron chi connectivity index (χ3n) is 5.09. The summed E-state index contributed by atoms with van der Waals surface area (Å²) in [5.41, 5.74) is 0.807. The van der Waals surface area contributed by atoms with Crippen LogP contribution in [0.4, 0.5) is 5.69 Å². The molecule has 0 bridgehead atoms. The maximum Gasteiger partial charge on any atom is 0.309 e. The van der Waals surface area contributed by atoms with Crippen molar-refractivity contribution < 1.29 is 14.3 Å². The van der Waals surface area contributed by atoms with E-state index >= 15 is 0 Å². The first kappa shape index (κ1) is 18.4. The quantitative estimate of drug-likeness (QED) is 0.836. The van der Waals surface area contributed by atoms with Gasteiger partial charge < -0.3 is 10.1 Å². The topological polar surface area (TPSA) is 58.6 Å². The summed E-state index contributed by atoms with van der Waals surface area (Å²) in [5.74, 6) is -0.169. The van der Waals surface area contributed by atoms with Crippen molar-refractivity contribution >= 4 is 28.3 Å². The van der Waals surface area contributed by atoms with Crippen LogP contribution >= 0.6 is 0 Å². The lowest BCUT2D eigenvalue weighted by atomic mass is 9.96. The zero-order valence-electron chi connectivity index (χ0n) is 15.4. The van der Waals surface area contributed by atoms with Gasteiger partial charge in [-0.05, 0) is 62.7 Å². The largest absolute Gasteiger partial charge is 0.466 e. The van der Waals surface area contributed by atoms with E-state index in [0.29, 0.717) is 6.61 Å². The Kier molecular flexibility index (Phi) is 5.89. The number of benzene rings is 2. The van der Waals surface area contributed by atoms with Gasteiger partial charge in [0.1, 0.15) is 0 Å². The lowest BCUT2D eigenvalue weighted by Gasteiger charge is -2.34. The number of esters is 1. The standard InChI is InChI=1S/C21H26N2O3/c1-3-26-21(25)17-10-12-23(13-11-17)15(2)20(24)22-19-9-8-16-6-4-5-7-18(16)14-19/h4-9,14-15,17H,3,10-13H2,1-2H3,(H,22,24). The van der Waals surface area contributed by atoms with Gasteiger partial charge in [0.25, 0.3) is 0 Å². The molecule has 0 aromatic heterocycles. The molecule has 1 unspecified atom stereocenters. The highest BCUT2D eigenvalue weighted by Gasteiger charge is 2.30. The number of anilines is 1. The summed E-state index contributed by atoms with van der Waals surface area (Å²) in [5, 5.41) is 5.27. The number of nitrogens with one attached hydrogen (secondary N) is 1. The molecule has 1 fully saturated rings. The van der Waals surface area contributed by atoms with Crippen LogP contribution in [0, 0.1) is 5.92 Å². The Morgan fingerprint density at radius 2 is 1.85 bits per heavy atom. The third kappa shape index (κ3) is 4.22. The summed E-state index contributed by atoms with van der Waals surface area (Å²) in [6.45, 7) is 5.63. The average molecular weight is 354 g/mol. The lowest BCUT2D eigenvalue weighted by Crippen LogP contribution is -2.47. The lowest BCUT2D eigenvalue weighted by molar-refractivity contribution is -0.149. The molecule has 1 aliphatic rings. The smallest absolute Gasteiger partial charge is 0.309 e. The average Bonchev–Trinajstić information content (AvgIpc) is 2.67. The van der Waals surface area contributed by atoms with E-state index in [-0.39, 0.29) is 23.8 Å². The molecule has 0 radical (unpaired) electrons. The van der Waals surface area contributed by atoms with Crippen LogP contribution in [0.15, 0.2) is 42.5 Å². The number of likely N-dealkylation sites (tertiary alicyclic amines) is 1. The summed E-state index contributed by atoms with van der Waals surface area (Å²) >= 11 is 0. The van der Waals surface area contributed by atoms with Gasteiger partial charge in [-0.15, -0.1) is 0 Å². The second kappa shape index (κ2) is 8.32. The first-order valence-corrected chi connectivity index (χ1v) is 9.29. The number of carbonyl (C=O) groups is 2. The molecule has 0 spiro atoms. The maximum atomic E-state index is 12.6. The molecule has 1 saturated heterocycles. The van der Waals surface area contributed by atoms with E-state index in [1.54, 1.807) is 0 Å². The van der Waals surface area contributed by atoms with E-state index in [0.717, 1.165) is 42.4 Å². The molecule has 1 N–H and O–H groups in total. The molecule has 1 aliphatic heterocycles. The molecule has 2 aromatic carbocycles. The van der Waals surface area contributed by atoms with E-state index in [9.17, 15) is 9.59 Å². The summed E-state index contributed by atoms with van der Waals surface area (Å²) in [7, 11) is 0. The van der Waals surface area contributed by atoms with E-state index in [4.69, 9.17) is 4.74 Å². The predicted octanol–water partition coefficient (Wildman–Crippen LogP) is 3.44. The summed E-state index contributed by atoms with van der Waals surface area (Å²) in [6.07, 6.45) is 1.48. The van der Waals surface area contributed by atoms with Crippen molar-refractivity contribution in [2.45, 2.75) is 32.7 Å². The molecule has 1 atom stereocenters. The first-order valence-electron chi connectivity index (χ1n) is 9.29. The van der Waals surface area contributed by atoms with Gasteiger partial charge in [-0.3, -0.25) is 14.5 Å². The van der Waals surface area contributed by atoms with Crippen LogP contribution in [0.1, 0.15) is 26.7 Å². The number of carbonyl (C=O) groups excluding carboxylic acids is 2. The van der Waals surface area contributed by atoms with Gasteiger partial charge in [-0.1, -0.05) is 30.3 Å². The minimum atomic E-state index is -0.232. The third-order valence-corrected chi connectivity index (χ3v) is 5.09. The van der Waals surface area contributed by atoms with Crippen LogP contribution in [-0.2, 0) is 14.3 Å². The molecule has 1 amide bonds. The second-order valence-corrected chi connectivity index (χ2v) is 6.79. The monoisotopic (exact) mass is 354 g/mol. The van der Waals surface area contributed by atoms with E-state index < -0.39 is 0 Å². The first-order chi connectivity index (χ1) is 12.6. The van der Waals surface area contributed by atoms with Crippen molar-refractivity contribution in [1.29, 1.82) is 0 Å². The number of fused-ring (bicyclic) bond motifs is 1. The Balaban J connectivity index is 1.57. The van der Waals surface area contributed by atoms with Crippen molar-refractivity contribution in [3.63, 3.8) is 0 Å². The van der Waals surface area contributed by atoms with E-state index in [1.807, 2.05) is 50.2 Å². The Morgan fingerprint density at radius 3 is 2.54 bits per heavy atom. The SMILES string of the molecule is CCOC(=O)C1CCN(C(C)C(=O)Nc2ccc3ccccc3c2)CC1. The van der Waals surface area contributed by atoms with Gasteiger partial charge >= 0.3 is 5.97 Å². The zero-order valence-corrected chi connectivity index (χ0v) is 15.4. The second-order valence-electron chi connectivity index (χ2n) is 6.79. The van der Waals surface area contributed by atoms with Gasteiger partial charge in [-0.25, -0.2) is 0 Å². The Bertz CT molecular complexity index is 782. The van der Waals surface area contributed by atoms with Crippen molar-refractivity contribution in [3.05, 3.63) is 42.5 Å². The predicted molar refractivity (Wildman–Crippen MR) is 103 cm³/mol. The molecule has 1 heterocycles. The number of rotatable bonds is 5. The highest BCUT2D eigenvalue weighted by atomic mass is 16.5. The Labute approximate surface area is 154 Å². The number of amides is 1. The van der Waals surface area contributed by atoms with Gasteiger partial charge in [0, 0.05) is 5.69 Å². The summed E-state index contributed by atoms with van der Waals surface area (Å²) in [4.78, 5) is 26.6. The van der Waals surface area contributed by atoms with Gasteiger partial charge in [0.15, 0.2) is 0 Å². The molecule has 3 rings (SSSR count). The normalized spacial score (nSPS) is 17.0. The fraction of sp³-hybridized carbons (Fsp3) is 0.429. The highest BCUT2D eigenvalue weighted by Crippen LogP contribution is 2.22. The molecular weight excluding hydrogens is 328 g/mol. The fourth-order valence-corrected chi connectivity index (χ4v) is 3.46. The fourth-order valence-electron chi connectivity index (χ4n) is 3.46. The molecule has 2 aromatic rings. The zero-order chi connectivity index (χ0) is 18.5. The highest BCUT2D eigenvalue weighted by molar-refractivity contribution is 5.97. The van der Waals surface area contributed by atoms with Gasteiger partial charge in [0.05, 0.1) is 18.6 Å². The molecule has 5 nitrogen and oxygen atoms in total. The maximum absolute atomic E-state index is 12.6. The van der Waals surface area contributed by atoms with Crippen LogP contribution in [0.3, 0.4) is 0 Å². The number of hydrogen-bond acceptors (Lipinski definition) is 4. The number of nitrogens with zero attached hydrogens (tertiary/aromatic N) is 1. The Hall–Kier alpha value is -2.40. The summed E-state index contributed by atoms with van der Waals surface area (Å²) in [6, 6.07) is 13.8.